The Bertz CT molecular complexity index is 1520. The summed E-state index contributed by atoms with van der Waals surface area (Å²) in [6.07, 6.45) is 3.87. The molecule has 3 saturated heterocycles. The molecule has 0 saturated carbocycles. The number of hydrogen-bond acceptors (Lipinski definition) is 8. The van der Waals surface area contributed by atoms with Gasteiger partial charge in [-0.25, -0.2) is 4.79 Å². The van der Waals surface area contributed by atoms with Crippen LogP contribution in [0.15, 0.2) is 36.4 Å². The molecule has 3 fully saturated rings. The van der Waals surface area contributed by atoms with Crippen LogP contribution in [0, 0.1) is 5.92 Å². The third kappa shape index (κ3) is 5.23. The van der Waals surface area contributed by atoms with Crippen molar-refractivity contribution in [3.8, 4) is 6.01 Å². The maximum absolute atomic E-state index is 12.2. The summed E-state index contributed by atoms with van der Waals surface area (Å²) in [5.74, 6) is 1.15. The van der Waals surface area contributed by atoms with Gasteiger partial charge in [0.05, 0.1) is 29.3 Å². The molecule has 1 unspecified atom stereocenters. The summed E-state index contributed by atoms with van der Waals surface area (Å²) in [6, 6.07) is 12.9. The molecular weight excluding hydrogens is 566 g/mol. The molecule has 2 aromatic carbocycles. The molecule has 2 bridgehead atoms. The molecule has 4 atom stereocenters. The van der Waals surface area contributed by atoms with Crippen molar-refractivity contribution < 1.29 is 14.6 Å². The second-order valence-electron chi connectivity index (χ2n) is 12.5. The third-order valence-electron chi connectivity index (χ3n) is 10.0. The van der Waals surface area contributed by atoms with Crippen molar-refractivity contribution in [3.63, 3.8) is 0 Å². The van der Waals surface area contributed by atoms with Crippen molar-refractivity contribution in [2.75, 3.05) is 56.2 Å². The van der Waals surface area contributed by atoms with Crippen molar-refractivity contribution in [2.24, 2.45) is 11.7 Å². The Morgan fingerprint density at radius 2 is 1.98 bits per heavy atom. The van der Waals surface area contributed by atoms with Gasteiger partial charge in [-0.05, 0) is 75.7 Å². The van der Waals surface area contributed by atoms with Crippen LogP contribution in [0.5, 0.6) is 6.01 Å². The van der Waals surface area contributed by atoms with Crippen LogP contribution >= 0.6 is 11.6 Å². The molecule has 3 aromatic rings. The molecule has 228 valence electrons. The summed E-state index contributed by atoms with van der Waals surface area (Å²) in [6.45, 7) is 4.82. The van der Waals surface area contributed by atoms with Crippen LogP contribution < -0.4 is 20.3 Å². The highest BCUT2D eigenvalue weighted by atomic mass is 35.5. The van der Waals surface area contributed by atoms with Gasteiger partial charge in [-0.1, -0.05) is 35.9 Å². The molecule has 0 aliphatic carbocycles. The minimum absolute atomic E-state index is 0.0761. The van der Waals surface area contributed by atoms with Crippen molar-refractivity contribution in [3.05, 3.63) is 52.7 Å². The monoisotopic (exact) mass is 605 g/mol. The second kappa shape index (κ2) is 11.6. The van der Waals surface area contributed by atoms with Crippen LogP contribution in [0.1, 0.15) is 36.9 Å². The molecule has 5 heterocycles. The molecule has 0 radical (unpaired) electrons. The van der Waals surface area contributed by atoms with Gasteiger partial charge in [0.1, 0.15) is 12.4 Å². The SMILES string of the molecule is CN1CCCC1COc1nc2c(c(N3C[C@H]4C[C@@H](CCN)[C@@H](C3)N4C(=O)O)n1)CCN(c1cccc3cccc(Cl)c13)C2. The molecule has 7 rings (SSSR count). The Labute approximate surface area is 257 Å². The van der Waals surface area contributed by atoms with E-state index in [2.05, 4.69) is 46.0 Å². The van der Waals surface area contributed by atoms with Crippen LogP contribution in [-0.4, -0.2) is 95.5 Å². The van der Waals surface area contributed by atoms with Gasteiger partial charge in [-0.15, -0.1) is 0 Å². The number of nitrogens with two attached hydrogens (primary N) is 1. The third-order valence-corrected chi connectivity index (χ3v) is 10.4. The Morgan fingerprint density at radius 1 is 1.14 bits per heavy atom. The lowest BCUT2D eigenvalue weighted by molar-refractivity contribution is 0.109. The lowest BCUT2D eigenvalue weighted by Gasteiger charge is -2.42. The lowest BCUT2D eigenvalue weighted by Crippen LogP contribution is -2.57. The number of aromatic nitrogens is 2. The van der Waals surface area contributed by atoms with E-state index in [1.54, 1.807) is 4.90 Å². The average Bonchev–Trinajstić information content (AvgIpc) is 3.52. The number of anilines is 2. The van der Waals surface area contributed by atoms with Crippen LogP contribution in [0.25, 0.3) is 10.8 Å². The molecule has 1 aromatic heterocycles. The fourth-order valence-electron chi connectivity index (χ4n) is 7.89. The first-order valence-electron chi connectivity index (χ1n) is 15.5. The summed E-state index contributed by atoms with van der Waals surface area (Å²) in [7, 11) is 2.14. The molecule has 4 aliphatic rings. The van der Waals surface area contributed by atoms with E-state index in [0.29, 0.717) is 44.8 Å². The summed E-state index contributed by atoms with van der Waals surface area (Å²) in [4.78, 5) is 30.9. The fourth-order valence-corrected chi connectivity index (χ4v) is 8.17. The van der Waals surface area contributed by atoms with Gasteiger partial charge in [-0.2, -0.15) is 9.97 Å². The predicted molar refractivity (Wildman–Crippen MR) is 168 cm³/mol. The number of hydrogen-bond donors (Lipinski definition) is 2. The molecule has 11 heteroatoms. The highest BCUT2D eigenvalue weighted by Gasteiger charge is 2.49. The number of benzene rings is 2. The molecule has 3 N–H and O–H groups in total. The van der Waals surface area contributed by atoms with Crippen LogP contribution in [0.4, 0.5) is 16.3 Å². The van der Waals surface area contributed by atoms with E-state index in [4.69, 9.17) is 32.0 Å². The van der Waals surface area contributed by atoms with Crippen LogP contribution in [0.2, 0.25) is 5.02 Å². The van der Waals surface area contributed by atoms with Gasteiger partial charge in [0, 0.05) is 42.3 Å². The summed E-state index contributed by atoms with van der Waals surface area (Å²) in [5.41, 5.74) is 9.13. The number of amides is 1. The first kappa shape index (κ1) is 28.4. The average molecular weight is 606 g/mol. The van der Waals surface area contributed by atoms with Crippen LogP contribution in [-0.2, 0) is 13.0 Å². The smallest absolute Gasteiger partial charge is 0.407 e. The minimum Gasteiger partial charge on any atom is -0.465 e. The number of likely N-dealkylation sites (tertiary alicyclic amines) is 1. The minimum atomic E-state index is -0.840. The quantitative estimate of drug-likeness (QED) is 0.409. The number of fused-ring (bicyclic) bond motifs is 4. The first-order chi connectivity index (χ1) is 20.9. The van der Waals surface area contributed by atoms with Gasteiger partial charge >= 0.3 is 12.1 Å². The zero-order valence-electron chi connectivity index (χ0n) is 24.7. The Balaban J connectivity index is 1.23. The normalized spacial score (nSPS) is 25.4. The number of rotatable bonds is 7. The van der Waals surface area contributed by atoms with Crippen LogP contribution in [0.3, 0.4) is 0 Å². The first-order valence-corrected chi connectivity index (χ1v) is 15.9. The predicted octanol–water partition coefficient (Wildman–Crippen LogP) is 4.22. The van der Waals surface area contributed by atoms with E-state index in [-0.39, 0.29) is 18.0 Å². The van der Waals surface area contributed by atoms with Crippen molar-refractivity contribution in [1.29, 1.82) is 0 Å². The van der Waals surface area contributed by atoms with Gasteiger partial charge in [0.25, 0.3) is 0 Å². The van der Waals surface area contributed by atoms with Crippen molar-refractivity contribution >= 4 is 40.0 Å². The maximum Gasteiger partial charge on any atom is 0.407 e. The van der Waals surface area contributed by atoms with Gasteiger partial charge in [-0.3, -0.25) is 4.90 Å². The molecule has 0 spiro atoms. The van der Waals surface area contributed by atoms with Crippen molar-refractivity contribution in [2.45, 2.75) is 56.8 Å². The summed E-state index contributed by atoms with van der Waals surface area (Å²) < 4.78 is 6.33. The van der Waals surface area contributed by atoms with E-state index in [9.17, 15) is 9.90 Å². The summed E-state index contributed by atoms with van der Waals surface area (Å²) >= 11 is 6.71. The van der Waals surface area contributed by atoms with E-state index in [0.717, 1.165) is 77.3 Å². The molecule has 1 amide bonds. The molecular formula is C32H40ClN7O3. The highest BCUT2D eigenvalue weighted by molar-refractivity contribution is 6.36. The number of carboxylic acid groups (broad SMARTS) is 1. The Kier molecular flexibility index (Phi) is 7.69. The molecule has 43 heavy (non-hydrogen) atoms. The van der Waals surface area contributed by atoms with E-state index in [1.807, 2.05) is 12.1 Å². The maximum atomic E-state index is 12.2. The van der Waals surface area contributed by atoms with Gasteiger partial charge in [0.15, 0.2) is 0 Å². The number of piperazine rings is 1. The fraction of sp³-hybridized carbons (Fsp3) is 0.531. The Morgan fingerprint density at radius 3 is 2.74 bits per heavy atom. The lowest BCUT2D eigenvalue weighted by atomic mass is 9.96. The molecule has 10 nitrogen and oxygen atoms in total. The number of halogens is 1. The Hall–Kier alpha value is -3.34. The number of likely N-dealkylation sites (N-methyl/N-ethyl adjacent to an activating group) is 1. The number of ether oxygens (including phenoxy) is 1. The van der Waals surface area contributed by atoms with Gasteiger partial charge < -0.3 is 30.3 Å². The number of nitrogens with zero attached hydrogens (tertiary/aromatic N) is 6. The van der Waals surface area contributed by atoms with Crippen molar-refractivity contribution in [1.82, 2.24) is 19.8 Å². The van der Waals surface area contributed by atoms with E-state index >= 15 is 0 Å². The molecule has 4 aliphatic heterocycles. The van der Waals surface area contributed by atoms with Gasteiger partial charge in [0.2, 0.25) is 0 Å². The standard InChI is InChI=1S/C32H40ClN7O3/c1-37-13-4-7-22(37)19-43-31-35-26-17-38(27-9-3-6-20-5-2-8-25(33)29(20)27)14-11-24(26)30(36-31)39-16-23-15-21(10-12-34)28(18-39)40(23)32(41)42/h2-3,5-6,8-9,21-23,28H,4,7,10-19,34H2,1H3,(H,41,42)/t21-,22?,23-,28-/m1/s1. The zero-order chi connectivity index (χ0) is 29.7. The zero-order valence-corrected chi connectivity index (χ0v) is 25.4. The number of carbonyl (C=O) groups is 1. The topological polar surface area (TPSA) is 111 Å². The summed E-state index contributed by atoms with van der Waals surface area (Å²) in [5, 5.41) is 12.9. The highest BCUT2D eigenvalue weighted by Crippen LogP contribution is 2.41. The largest absolute Gasteiger partial charge is 0.465 e. The van der Waals surface area contributed by atoms with E-state index < -0.39 is 6.09 Å². The van der Waals surface area contributed by atoms with E-state index in [1.165, 1.54) is 6.42 Å². The second-order valence-corrected chi connectivity index (χ2v) is 12.9.